The van der Waals surface area contributed by atoms with Crippen LogP contribution >= 0.6 is 24.0 Å². The number of amides is 1. The van der Waals surface area contributed by atoms with E-state index in [4.69, 9.17) is 22.1 Å². The summed E-state index contributed by atoms with van der Waals surface area (Å²) in [6, 6.07) is 26.0. The quantitative estimate of drug-likeness (QED) is 0.126. The van der Waals surface area contributed by atoms with Crippen molar-refractivity contribution in [3.8, 4) is 22.7 Å². The van der Waals surface area contributed by atoms with Gasteiger partial charge in [-0.2, -0.15) is 5.10 Å². The SMILES string of the molecule is CCCCOc1ccc(-c2nn(-c3ccccc3)cc2/C=C2\SC(=S)N(Cc3ccccc3)C2=O)cc1C. The number of unbranched alkanes of at least 4 members (excludes halogenated alkanes) is 1. The molecule has 5 rings (SSSR count). The van der Waals surface area contributed by atoms with Crippen LogP contribution in [0.25, 0.3) is 23.0 Å². The molecule has 0 atom stereocenters. The standard InChI is InChI=1S/C31H29N3O2S2/c1-3-4-17-36-27-16-15-24(18-22(27)2)29-25(21-34(32-29)26-13-9-6-10-14-26)19-28-30(35)33(31(37)38-28)20-23-11-7-5-8-12-23/h5-16,18-19,21H,3-4,17,20H2,1-2H3/b28-19-. The maximum absolute atomic E-state index is 13.4. The fourth-order valence-electron chi connectivity index (χ4n) is 4.26. The van der Waals surface area contributed by atoms with E-state index in [9.17, 15) is 4.79 Å². The highest BCUT2D eigenvalue weighted by molar-refractivity contribution is 8.26. The number of carbonyl (C=O) groups excluding carboxylic acids is 1. The zero-order chi connectivity index (χ0) is 26.5. The molecule has 0 spiro atoms. The number of aryl methyl sites for hydroxylation is 1. The topological polar surface area (TPSA) is 47.4 Å². The molecule has 1 fully saturated rings. The van der Waals surface area contributed by atoms with Crippen LogP contribution in [-0.2, 0) is 11.3 Å². The average molecular weight is 540 g/mol. The third-order valence-corrected chi connectivity index (χ3v) is 7.69. The number of hydrogen-bond acceptors (Lipinski definition) is 5. The first-order valence-electron chi connectivity index (χ1n) is 12.7. The lowest BCUT2D eigenvalue weighted by atomic mass is 10.0. The fraction of sp³-hybridized carbons (Fsp3) is 0.194. The number of ether oxygens (including phenoxy) is 1. The van der Waals surface area contributed by atoms with Gasteiger partial charge in [0.25, 0.3) is 5.91 Å². The second-order valence-corrected chi connectivity index (χ2v) is 10.8. The molecule has 0 unspecified atom stereocenters. The number of nitrogens with zero attached hydrogens (tertiary/aromatic N) is 3. The van der Waals surface area contributed by atoms with Crippen LogP contribution in [0.2, 0.25) is 0 Å². The first kappa shape index (κ1) is 25.9. The number of hydrogen-bond donors (Lipinski definition) is 0. The molecule has 0 bridgehead atoms. The normalized spacial score (nSPS) is 14.5. The zero-order valence-corrected chi connectivity index (χ0v) is 23.1. The Labute approximate surface area is 233 Å². The predicted octanol–water partition coefficient (Wildman–Crippen LogP) is 7.43. The average Bonchev–Trinajstić information content (AvgIpc) is 3.47. The lowest BCUT2D eigenvalue weighted by Crippen LogP contribution is -2.27. The molecule has 0 N–H and O–H groups in total. The Morgan fingerprint density at radius 1 is 1.03 bits per heavy atom. The van der Waals surface area contributed by atoms with Crippen LogP contribution in [0.4, 0.5) is 0 Å². The molecule has 0 saturated carbocycles. The van der Waals surface area contributed by atoms with Crippen molar-refractivity contribution < 1.29 is 9.53 Å². The Morgan fingerprint density at radius 3 is 2.47 bits per heavy atom. The van der Waals surface area contributed by atoms with Crippen molar-refractivity contribution in [1.82, 2.24) is 14.7 Å². The Morgan fingerprint density at radius 2 is 1.76 bits per heavy atom. The van der Waals surface area contributed by atoms with Crippen molar-refractivity contribution >= 4 is 40.3 Å². The number of carbonyl (C=O) groups is 1. The van der Waals surface area contributed by atoms with E-state index in [0.717, 1.165) is 52.2 Å². The van der Waals surface area contributed by atoms with Crippen molar-refractivity contribution in [3.63, 3.8) is 0 Å². The van der Waals surface area contributed by atoms with Crippen molar-refractivity contribution in [1.29, 1.82) is 0 Å². The van der Waals surface area contributed by atoms with Gasteiger partial charge >= 0.3 is 0 Å². The molecule has 7 heteroatoms. The molecule has 192 valence electrons. The Bertz CT molecular complexity index is 1480. The van der Waals surface area contributed by atoms with E-state index in [1.165, 1.54) is 11.8 Å². The van der Waals surface area contributed by atoms with Gasteiger partial charge < -0.3 is 4.74 Å². The van der Waals surface area contributed by atoms with Crippen LogP contribution in [0, 0.1) is 6.92 Å². The van der Waals surface area contributed by atoms with Crippen molar-refractivity contribution in [2.24, 2.45) is 0 Å². The van der Waals surface area contributed by atoms with E-state index in [1.54, 1.807) is 4.90 Å². The van der Waals surface area contributed by atoms with E-state index in [1.807, 2.05) is 96.7 Å². The van der Waals surface area contributed by atoms with Gasteiger partial charge in [0, 0.05) is 17.3 Å². The lowest BCUT2D eigenvalue weighted by Gasteiger charge is -2.14. The van der Waals surface area contributed by atoms with Gasteiger partial charge in [-0.05, 0) is 60.9 Å². The molecular weight excluding hydrogens is 510 g/mol. The summed E-state index contributed by atoms with van der Waals surface area (Å²) in [5.74, 6) is 0.797. The van der Waals surface area contributed by atoms with Gasteiger partial charge in [0.05, 0.1) is 23.7 Å². The van der Waals surface area contributed by atoms with Gasteiger partial charge in [-0.1, -0.05) is 85.9 Å². The molecular formula is C31H29N3O2S2. The van der Waals surface area contributed by atoms with Crippen LogP contribution in [0.5, 0.6) is 5.75 Å². The molecule has 1 amide bonds. The third kappa shape index (κ3) is 5.74. The highest BCUT2D eigenvalue weighted by Gasteiger charge is 2.32. The maximum atomic E-state index is 13.4. The molecule has 1 saturated heterocycles. The van der Waals surface area contributed by atoms with Crippen molar-refractivity contribution in [3.05, 3.63) is 107 Å². The molecule has 1 aliphatic heterocycles. The minimum atomic E-state index is -0.0851. The number of thioether (sulfide) groups is 1. The van der Waals surface area contributed by atoms with Crippen LogP contribution < -0.4 is 4.74 Å². The number of aromatic nitrogens is 2. The van der Waals surface area contributed by atoms with E-state index >= 15 is 0 Å². The molecule has 3 aromatic carbocycles. The van der Waals surface area contributed by atoms with Gasteiger partial charge in [0.15, 0.2) is 0 Å². The molecule has 1 aliphatic rings. The van der Waals surface area contributed by atoms with Crippen LogP contribution in [0.3, 0.4) is 0 Å². The summed E-state index contributed by atoms with van der Waals surface area (Å²) in [5, 5.41) is 4.93. The Hall–Kier alpha value is -3.68. The summed E-state index contributed by atoms with van der Waals surface area (Å²) >= 11 is 6.92. The minimum absolute atomic E-state index is 0.0851. The summed E-state index contributed by atoms with van der Waals surface area (Å²) in [6.45, 7) is 5.36. The van der Waals surface area contributed by atoms with E-state index in [0.29, 0.717) is 22.4 Å². The fourth-order valence-corrected chi connectivity index (χ4v) is 5.50. The minimum Gasteiger partial charge on any atom is -0.493 e. The molecule has 0 radical (unpaired) electrons. The number of thiocarbonyl (C=S) groups is 1. The lowest BCUT2D eigenvalue weighted by molar-refractivity contribution is -0.122. The highest BCUT2D eigenvalue weighted by atomic mass is 32.2. The zero-order valence-electron chi connectivity index (χ0n) is 21.5. The Kier molecular flexibility index (Phi) is 8.05. The largest absolute Gasteiger partial charge is 0.493 e. The summed E-state index contributed by atoms with van der Waals surface area (Å²) < 4.78 is 8.38. The number of benzene rings is 3. The molecule has 2 heterocycles. The second kappa shape index (κ2) is 11.8. The molecule has 0 aliphatic carbocycles. The molecule has 5 nitrogen and oxygen atoms in total. The summed E-state index contributed by atoms with van der Waals surface area (Å²) in [4.78, 5) is 15.6. The molecule has 4 aromatic rings. The van der Waals surface area contributed by atoms with Crippen molar-refractivity contribution in [2.75, 3.05) is 6.61 Å². The number of para-hydroxylation sites is 1. The number of rotatable bonds is 9. The first-order valence-corrected chi connectivity index (χ1v) is 13.9. The summed E-state index contributed by atoms with van der Waals surface area (Å²) in [5.41, 5.74) is 5.65. The smallest absolute Gasteiger partial charge is 0.266 e. The van der Waals surface area contributed by atoms with Crippen LogP contribution in [0.1, 0.15) is 36.5 Å². The first-order chi connectivity index (χ1) is 18.5. The van der Waals surface area contributed by atoms with E-state index in [2.05, 4.69) is 13.0 Å². The second-order valence-electron chi connectivity index (χ2n) is 9.15. The van der Waals surface area contributed by atoms with Gasteiger partial charge in [0.2, 0.25) is 0 Å². The highest BCUT2D eigenvalue weighted by Crippen LogP contribution is 2.36. The third-order valence-electron chi connectivity index (χ3n) is 6.31. The van der Waals surface area contributed by atoms with E-state index < -0.39 is 0 Å². The van der Waals surface area contributed by atoms with Crippen LogP contribution in [0.15, 0.2) is 90.0 Å². The van der Waals surface area contributed by atoms with Gasteiger partial charge in [0.1, 0.15) is 15.8 Å². The van der Waals surface area contributed by atoms with Gasteiger partial charge in [-0.3, -0.25) is 9.69 Å². The summed E-state index contributed by atoms with van der Waals surface area (Å²) in [7, 11) is 0. The summed E-state index contributed by atoms with van der Waals surface area (Å²) in [6.07, 6.45) is 5.99. The van der Waals surface area contributed by atoms with Gasteiger partial charge in [-0.25, -0.2) is 4.68 Å². The molecule has 38 heavy (non-hydrogen) atoms. The van der Waals surface area contributed by atoms with Gasteiger partial charge in [-0.15, -0.1) is 0 Å². The van der Waals surface area contributed by atoms with Crippen molar-refractivity contribution in [2.45, 2.75) is 33.2 Å². The predicted molar refractivity (Wildman–Crippen MR) is 159 cm³/mol. The monoisotopic (exact) mass is 539 g/mol. The Balaban J connectivity index is 1.50. The molecule has 1 aromatic heterocycles. The van der Waals surface area contributed by atoms with Crippen LogP contribution in [-0.4, -0.2) is 31.5 Å². The van der Waals surface area contributed by atoms with E-state index in [-0.39, 0.29) is 5.91 Å². The maximum Gasteiger partial charge on any atom is 0.266 e.